The number of benzene rings is 1. The van der Waals surface area contributed by atoms with Crippen molar-refractivity contribution in [1.29, 1.82) is 0 Å². The molecule has 11 heteroatoms. The van der Waals surface area contributed by atoms with Crippen LogP contribution >= 0.6 is 0 Å². The second kappa shape index (κ2) is 7.34. The molecule has 0 spiro atoms. The molecule has 0 aromatic heterocycles. The van der Waals surface area contributed by atoms with Gasteiger partial charge in [0, 0.05) is 24.8 Å². The molecule has 1 aromatic carbocycles. The summed E-state index contributed by atoms with van der Waals surface area (Å²) < 4.78 is 37.1. The van der Waals surface area contributed by atoms with Crippen LogP contribution in [0.25, 0.3) is 0 Å². The van der Waals surface area contributed by atoms with E-state index in [-0.39, 0.29) is 11.8 Å². The number of amides is 3. The lowest BCUT2D eigenvalue weighted by molar-refractivity contribution is 0.130. The average molecular weight is 361 g/mol. The van der Waals surface area contributed by atoms with Crippen LogP contribution in [-0.4, -0.2) is 49.7 Å². The lowest BCUT2D eigenvalue weighted by Gasteiger charge is -2.30. The Hall–Kier alpha value is -2.56. The smallest absolute Gasteiger partial charge is 0.465 e. The third kappa shape index (κ3) is 5.57. The first kappa shape index (κ1) is 17.8. The van der Waals surface area contributed by atoms with Crippen LogP contribution in [0.5, 0.6) is 5.75 Å². The van der Waals surface area contributed by atoms with Gasteiger partial charge in [-0.1, -0.05) is 3.89 Å². The van der Waals surface area contributed by atoms with Crippen LogP contribution in [-0.2, 0) is 10.5 Å². The summed E-state index contributed by atoms with van der Waals surface area (Å²) >= 11 is 0. The Labute approximate surface area is 137 Å². The molecular formula is C13H16FN3O6S. The predicted octanol–water partition coefficient (Wildman–Crippen LogP) is 1.54. The number of halogens is 1. The highest BCUT2D eigenvalue weighted by Crippen LogP contribution is 2.18. The molecule has 1 aromatic rings. The summed E-state index contributed by atoms with van der Waals surface area (Å²) in [7, 11) is -5.09. The largest absolute Gasteiger partial charge is 0.488 e. The lowest BCUT2D eigenvalue weighted by Crippen LogP contribution is -2.47. The molecule has 3 N–H and O–H groups in total. The van der Waals surface area contributed by atoms with Crippen molar-refractivity contribution in [2.24, 2.45) is 0 Å². The summed E-state index contributed by atoms with van der Waals surface area (Å²) in [6.07, 6.45) is 0.0531. The van der Waals surface area contributed by atoms with E-state index in [2.05, 4.69) is 14.8 Å². The second-order valence-electron chi connectivity index (χ2n) is 5.14. The fourth-order valence-corrected chi connectivity index (χ4v) is 2.62. The number of rotatable bonds is 4. The Balaban J connectivity index is 1.81. The molecule has 0 aliphatic carbocycles. The molecule has 1 heterocycles. The van der Waals surface area contributed by atoms with Gasteiger partial charge in [0.25, 0.3) is 0 Å². The summed E-state index contributed by atoms with van der Waals surface area (Å²) in [4.78, 5) is 23.9. The summed E-state index contributed by atoms with van der Waals surface area (Å²) in [6.45, 7) is 0.702. The Morgan fingerprint density at radius 3 is 2.29 bits per heavy atom. The van der Waals surface area contributed by atoms with Crippen LogP contribution in [0.1, 0.15) is 12.8 Å². The summed E-state index contributed by atoms with van der Waals surface area (Å²) in [6, 6.07) is 4.48. The van der Waals surface area contributed by atoms with E-state index in [0.717, 1.165) is 0 Å². The van der Waals surface area contributed by atoms with Gasteiger partial charge in [-0.15, -0.1) is 0 Å². The van der Waals surface area contributed by atoms with E-state index in [4.69, 9.17) is 5.11 Å². The lowest BCUT2D eigenvalue weighted by atomic mass is 10.1. The fourth-order valence-electron chi connectivity index (χ4n) is 2.28. The SMILES string of the molecule is O=C(Nc1ccc(OS(=O)(=O)F)cc1)NC1CCN(C(=O)O)CC1. The molecule has 0 saturated carbocycles. The minimum Gasteiger partial charge on any atom is -0.465 e. The Bertz CT molecular complexity index is 701. The highest BCUT2D eigenvalue weighted by atomic mass is 32.3. The zero-order valence-electron chi connectivity index (χ0n) is 12.4. The number of carboxylic acid groups (broad SMARTS) is 1. The minimum atomic E-state index is -5.09. The van der Waals surface area contributed by atoms with Gasteiger partial charge in [-0.2, -0.15) is 8.42 Å². The number of nitrogens with zero attached hydrogens (tertiary/aromatic N) is 1. The Morgan fingerprint density at radius 2 is 1.79 bits per heavy atom. The molecule has 0 bridgehead atoms. The van der Waals surface area contributed by atoms with Crippen molar-refractivity contribution in [1.82, 2.24) is 10.2 Å². The van der Waals surface area contributed by atoms with Crippen molar-refractivity contribution in [3.05, 3.63) is 24.3 Å². The molecule has 1 saturated heterocycles. The number of anilines is 1. The van der Waals surface area contributed by atoms with Crippen LogP contribution in [0.2, 0.25) is 0 Å². The summed E-state index contributed by atoms with van der Waals surface area (Å²) in [5, 5.41) is 14.1. The van der Waals surface area contributed by atoms with Crippen LogP contribution in [0.3, 0.4) is 0 Å². The highest BCUT2D eigenvalue weighted by molar-refractivity contribution is 7.81. The van der Waals surface area contributed by atoms with E-state index in [1.54, 1.807) is 0 Å². The molecule has 9 nitrogen and oxygen atoms in total. The maximum atomic E-state index is 12.4. The highest BCUT2D eigenvalue weighted by Gasteiger charge is 2.23. The number of hydrogen-bond acceptors (Lipinski definition) is 5. The van der Waals surface area contributed by atoms with Crippen LogP contribution in [0.15, 0.2) is 24.3 Å². The molecule has 24 heavy (non-hydrogen) atoms. The van der Waals surface area contributed by atoms with Gasteiger partial charge in [-0.25, -0.2) is 9.59 Å². The van der Waals surface area contributed by atoms with E-state index in [9.17, 15) is 21.9 Å². The third-order valence-corrected chi connectivity index (χ3v) is 3.80. The number of carbonyl (C=O) groups is 2. The van der Waals surface area contributed by atoms with Gasteiger partial charge in [0.15, 0.2) is 0 Å². The Kier molecular flexibility index (Phi) is 5.44. The van der Waals surface area contributed by atoms with Gasteiger partial charge in [-0.3, -0.25) is 0 Å². The fraction of sp³-hybridized carbons (Fsp3) is 0.385. The predicted molar refractivity (Wildman–Crippen MR) is 81.9 cm³/mol. The Morgan fingerprint density at radius 1 is 1.21 bits per heavy atom. The van der Waals surface area contributed by atoms with E-state index >= 15 is 0 Å². The zero-order valence-corrected chi connectivity index (χ0v) is 13.3. The van der Waals surface area contributed by atoms with Gasteiger partial charge < -0.3 is 24.8 Å². The molecule has 1 aliphatic rings. The minimum absolute atomic E-state index is 0.139. The van der Waals surface area contributed by atoms with Gasteiger partial charge in [-0.05, 0) is 37.1 Å². The van der Waals surface area contributed by atoms with Gasteiger partial charge >= 0.3 is 22.6 Å². The first-order chi connectivity index (χ1) is 11.2. The number of hydrogen-bond donors (Lipinski definition) is 3. The van der Waals surface area contributed by atoms with E-state index in [0.29, 0.717) is 31.6 Å². The van der Waals surface area contributed by atoms with Crippen molar-refractivity contribution >= 4 is 28.3 Å². The number of nitrogens with one attached hydrogen (secondary N) is 2. The first-order valence-corrected chi connectivity index (χ1v) is 8.33. The zero-order chi connectivity index (χ0) is 17.7. The molecule has 1 fully saturated rings. The maximum absolute atomic E-state index is 12.4. The number of likely N-dealkylation sites (tertiary alicyclic amines) is 1. The topological polar surface area (TPSA) is 125 Å². The summed E-state index contributed by atoms with van der Waals surface area (Å²) in [5.41, 5.74) is 0.360. The quantitative estimate of drug-likeness (QED) is 0.699. The van der Waals surface area contributed by atoms with Crippen molar-refractivity contribution < 1.29 is 31.2 Å². The molecule has 0 unspecified atom stereocenters. The molecule has 0 atom stereocenters. The first-order valence-electron chi connectivity index (χ1n) is 7.02. The second-order valence-corrected chi connectivity index (χ2v) is 6.10. The maximum Gasteiger partial charge on any atom is 0.488 e. The van der Waals surface area contributed by atoms with E-state index < -0.39 is 22.6 Å². The van der Waals surface area contributed by atoms with Gasteiger partial charge in [0.1, 0.15) is 5.75 Å². The van der Waals surface area contributed by atoms with E-state index in [1.807, 2.05) is 0 Å². The average Bonchev–Trinajstić information content (AvgIpc) is 2.48. The third-order valence-electron chi connectivity index (χ3n) is 3.41. The van der Waals surface area contributed by atoms with Crippen molar-refractivity contribution in [2.75, 3.05) is 18.4 Å². The molecule has 2 rings (SSSR count). The summed E-state index contributed by atoms with van der Waals surface area (Å²) in [5.74, 6) is -0.218. The molecular weight excluding hydrogens is 345 g/mol. The number of piperidine rings is 1. The van der Waals surface area contributed by atoms with Crippen LogP contribution in [0.4, 0.5) is 19.2 Å². The van der Waals surface area contributed by atoms with E-state index in [1.165, 1.54) is 29.2 Å². The molecule has 0 radical (unpaired) electrons. The van der Waals surface area contributed by atoms with Crippen LogP contribution < -0.4 is 14.8 Å². The van der Waals surface area contributed by atoms with Gasteiger partial charge in [0.2, 0.25) is 0 Å². The normalized spacial score (nSPS) is 15.6. The molecule has 1 aliphatic heterocycles. The van der Waals surface area contributed by atoms with Crippen LogP contribution in [0, 0.1) is 0 Å². The van der Waals surface area contributed by atoms with Crippen molar-refractivity contribution in [2.45, 2.75) is 18.9 Å². The molecule has 3 amide bonds. The molecule has 132 valence electrons. The van der Waals surface area contributed by atoms with Crippen molar-refractivity contribution in [3.8, 4) is 5.75 Å². The number of carbonyl (C=O) groups excluding carboxylic acids is 1. The number of urea groups is 1. The monoisotopic (exact) mass is 361 g/mol. The van der Waals surface area contributed by atoms with Gasteiger partial charge in [0.05, 0.1) is 0 Å². The van der Waals surface area contributed by atoms with Crippen molar-refractivity contribution in [3.63, 3.8) is 0 Å². The standard InChI is InChI=1S/C13H16FN3O6S/c14-24(21,22)23-11-3-1-9(2-4-11)15-12(18)16-10-5-7-17(8-6-10)13(19)20/h1-4,10H,5-8H2,(H,19,20)(H2,15,16,18).